The number of benzene rings is 1. The predicted octanol–water partition coefficient (Wildman–Crippen LogP) is 6.28. The van der Waals surface area contributed by atoms with Gasteiger partial charge in [0, 0.05) is 6.42 Å². The lowest BCUT2D eigenvalue weighted by molar-refractivity contribution is 0.0233. The minimum atomic E-state index is -0.354. The fourth-order valence-corrected chi connectivity index (χ4v) is 3.32. The molecule has 0 aliphatic rings. The summed E-state index contributed by atoms with van der Waals surface area (Å²) in [4.78, 5) is 0. The fraction of sp³-hybridized carbons (Fsp3) is 0.680. The Balaban J connectivity index is 1.85. The normalized spacial score (nSPS) is 11.9. The van der Waals surface area contributed by atoms with E-state index in [0.717, 1.165) is 30.6 Å². The predicted molar refractivity (Wildman–Crippen MR) is 118 cm³/mol. The van der Waals surface area contributed by atoms with Crippen LogP contribution in [-0.4, -0.2) is 24.9 Å². The SMILES string of the molecule is C#CCCCCCCCCCCCCCC(O)COCc1ccc(OC)cc1. The number of aliphatic hydroxyl groups excluding tert-OH is 1. The van der Waals surface area contributed by atoms with Crippen molar-refractivity contribution in [3.63, 3.8) is 0 Å². The molecule has 158 valence electrons. The summed E-state index contributed by atoms with van der Waals surface area (Å²) in [6.07, 6.45) is 20.8. The highest BCUT2D eigenvalue weighted by atomic mass is 16.5. The van der Waals surface area contributed by atoms with Crippen molar-refractivity contribution in [1.82, 2.24) is 0 Å². The van der Waals surface area contributed by atoms with E-state index in [1.807, 2.05) is 24.3 Å². The molecule has 3 heteroatoms. The van der Waals surface area contributed by atoms with Gasteiger partial charge in [0.15, 0.2) is 0 Å². The molecule has 3 nitrogen and oxygen atoms in total. The lowest BCUT2D eigenvalue weighted by atomic mass is 10.0. The van der Waals surface area contributed by atoms with Crippen LogP contribution in [0.15, 0.2) is 24.3 Å². The van der Waals surface area contributed by atoms with Gasteiger partial charge in [0.1, 0.15) is 5.75 Å². The molecule has 0 aromatic heterocycles. The van der Waals surface area contributed by atoms with Crippen LogP contribution in [-0.2, 0) is 11.3 Å². The van der Waals surface area contributed by atoms with Gasteiger partial charge in [-0.1, -0.05) is 76.3 Å². The molecule has 1 atom stereocenters. The maximum absolute atomic E-state index is 10.0. The molecule has 0 heterocycles. The van der Waals surface area contributed by atoms with Crippen LogP contribution in [0.2, 0.25) is 0 Å². The average Bonchev–Trinajstić information content (AvgIpc) is 2.72. The Bertz CT molecular complexity index is 504. The van der Waals surface area contributed by atoms with Gasteiger partial charge in [-0.2, -0.15) is 0 Å². The van der Waals surface area contributed by atoms with Gasteiger partial charge >= 0.3 is 0 Å². The topological polar surface area (TPSA) is 38.7 Å². The number of aliphatic hydroxyl groups is 1. The smallest absolute Gasteiger partial charge is 0.118 e. The molecule has 1 unspecified atom stereocenters. The summed E-state index contributed by atoms with van der Waals surface area (Å²) >= 11 is 0. The quantitative estimate of drug-likeness (QED) is 0.238. The third-order valence-electron chi connectivity index (χ3n) is 5.10. The Morgan fingerprint density at radius 2 is 1.39 bits per heavy atom. The van der Waals surface area contributed by atoms with Gasteiger partial charge in [0.05, 0.1) is 26.4 Å². The number of rotatable bonds is 18. The van der Waals surface area contributed by atoms with E-state index in [0.29, 0.717) is 13.2 Å². The zero-order valence-electron chi connectivity index (χ0n) is 17.8. The molecule has 0 radical (unpaired) electrons. The van der Waals surface area contributed by atoms with Crippen molar-refractivity contribution in [1.29, 1.82) is 0 Å². The second-order valence-electron chi connectivity index (χ2n) is 7.65. The first kappa shape index (κ1) is 24.5. The summed E-state index contributed by atoms with van der Waals surface area (Å²) in [6.45, 7) is 0.943. The number of hydrogen-bond acceptors (Lipinski definition) is 3. The van der Waals surface area contributed by atoms with E-state index in [2.05, 4.69) is 5.92 Å². The third kappa shape index (κ3) is 13.6. The Labute approximate surface area is 172 Å². The Hall–Kier alpha value is -1.50. The maximum Gasteiger partial charge on any atom is 0.118 e. The Kier molecular flexibility index (Phi) is 15.4. The van der Waals surface area contributed by atoms with Gasteiger partial charge in [-0.05, 0) is 30.5 Å². The van der Waals surface area contributed by atoms with E-state index in [1.54, 1.807) is 7.11 Å². The van der Waals surface area contributed by atoms with E-state index in [9.17, 15) is 5.11 Å². The van der Waals surface area contributed by atoms with Gasteiger partial charge in [0.25, 0.3) is 0 Å². The van der Waals surface area contributed by atoms with Gasteiger partial charge in [0.2, 0.25) is 0 Å². The second-order valence-corrected chi connectivity index (χ2v) is 7.65. The molecule has 0 aliphatic carbocycles. The molecule has 0 amide bonds. The first-order valence-corrected chi connectivity index (χ1v) is 11.1. The van der Waals surface area contributed by atoms with Crippen LogP contribution in [0.5, 0.6) is 5.75 Å². The van der Waals surface area contributed by atoms with E-state index in [-0.39, 0.29) is 6.10 Å². The first-order valence-electron chi connectivity index (χ1n) is 11.1. The third-order valence-corrected chi connectivity index (χ3v) is 5.10. The molecule has 0 aliphatic heterocycles. The van der Waals surface area contributed by atoms with Gasteiger partial charge in [-0.15, -0.1) is 12.3 Å². The second kappa shape index (κ2) is 17.6. The zero-order valence-corrected chi connectivity index (χ0v) is 17.8. The van der Waals surface area contributed by atoms with Crippen molar-refractivity contribution in [3.05, 3.63) is 29.8 Å². The maximum atomic E-state index is 10.0. The lowest BCUT2D eigenvalue weighted by Crippen LogP contribution is -2.15. The molecule has 1 rings (SSSR count). The molecule has 1 N–H and O–H groups in total. The summed E-state index contributed by atoms with van der Waals surface area (Å²) in [5.41, 5.74) is 1.10. The summed E-state index contributed by atoms with van der Waals surface area (Å²) in [5.74, 6) is 3.55. The Morgan fingerprint density at radius 3 is 1.93 bits per heavy atom. The Morgan fingerprint density at radius 1 is 0.857 bits per heavy atom. The van der Waals surface area contributed by atoms with Crippen LogP contribution in [0.3, 0.4) is 0 Å². The zero-order chi connectivity index (χ0) is 20.3. The minimum absolute atomic E-state index is 0.354. The molecular weight excluding hydrogens is 348 g/mol. The lowest BCUT2D eigenvalue weighted by Gasteiger charge is -2.11. The largest absolute Gasteiger partial charge is 0.497 e. The molecule has 1 aromatic rings. The summed E-state index contributed by atoms with van der Waals surface area (Å²) < 4.78 is 10.8. The molecule has 0 bridgehead atoms. The van der Waals surface area contributed by atoms with Crippen molar-refractivity contribution in [3.8, 4) is 18.1 Å². The van der Waals surface area contributed by atoms with Crippen molar-refractivity contribution in [2.24, 2.45) is 0 Å². The molecular formula is C25H40O3. The number of methoxy groups -OCH3 is 1. The molecule has 28 heavy (non-hydrogen) atoms. The summed E-state index contributed by atoms with van der Waals surface area (Å²) in [6, 6.07) is 7.84. The molecule has 0 spiro atoms. The van der Waals surface area contributed by atoms with E-state index < -0.39 is 0 Å². The minimum Gasteiger partial charge on any atom is -0.497 e. The molecule has 0 saturated heterocycles. The summed E-state index contributed by atoms with van der Waals surface area (Å²) in [5, 5.41) is 10.0. The van der Waals surface area contributed by atoms with Crippen LogP contribution in [0.1, 0.15) is 89.0 Å². The van der Waals surface area contributed by atoms with Gasteiger partial charge < -0.3 is 14.6 Å². The van der Waals surface area contributed by atoms with Crippen molar-refractivity contribution in [2.45, 2.75) is 96.2 Å². The molecule has 1 aromatic carbocycles. The van der Waals surface area contributed by atoms with E-state index in [1.165, 1.54) is 64.2 Å². The number of terminal acetylenes is 1. The summed E-state index contributed by atoms with van der Waals surface area (Å²) in [7, 11) is 1.66. The van der Waals surface area contributed by atoms with E-state index >= 15 is 0 Å². The van der Waals surface area contributed by atoms with Crippen LogP contribution < -0.4 is 4.74 Å². The van der Waals surface area contributed by atoms with Crippen molar-refractivity contribution < 1.29 is 14.6 Å². The first-order chi connectivity index (χ1) is 13.8. The number of ether oxygens (including phenoxy) is 2. The van der Waals surface area contributed by atoms with Crippen molar-refractivity contribution in [2.75, 3.05) is 13.7 Å². The highest BCUT2D eigenvalue weighted by molar-refractivity contribution is 5.26. The number of hydrogen-bond donors (Lipinski definition) is 1. The van der Waals surface area contributed by atoms with Crippen LogP contribution in [0.4, 0.5) is 0 Å². The molecule has 0 fully saturated rings. The fourth-order valence-electron chi connectivity index (χ4n) is 3.32. The van der Waals surface area contributed by atoms with E-state index in [4.69, 9.17) is 15.9 Å². The van der Waals surface area contributed by atoms with Crippen LogP contribution >= 0.6 is 0 Å². The molecule has 0 saturated carbocycles. The number of unbranched alkanes of at least 4 members (excludes halogenated alkanes) is 11. The van der Waals surface area contributed by atoms with Gasteiger partial charge in [-0.3, -0.25) is 0 Å². The standard InChI is InChI=1S/C25H40O3/c1-3-4-5-6-7-8-9-10-11-12-13-14-15-16-24(26)22-28-21-23-17-19-25(27-2)20-18-23/h1,17-20,24,26H,4-16,21-22H2,2H3. The average molecular weight is 389 g/mol. The highest BCUT2D eigenvalue weighted by Gasteiger charge is 2.04. The van der Waals surface area contributed by atoms with Crippen LogP contribution in [0.25, 0.3) is 0 Å². The van der Waals surface area contributed by atoms with Crippen molar-refractivity contribution >= 4 is 0 Å². The van der Waals surface area contributed by atoms with Crippen LogP contribution in [0, 0.1) is 12.3 Å². The monoisotopic (exact) mass is 388 g/mol. The van der Waals surface area contributed by atoms with Gasteiger partial charge in [-0.25, -0.2) is 0 Å². The highest BCUT2D eigenvalue weighted by Crippen LogP contribution is 2.14.